The molecule has 2 bridgehead atoms. The largest absolute Gasteiger partial charge is 0.394 e. The van der Waals surface area contributed by atoms with E-state index in [2.05, 4.69) is 27.0 Å². The predicted molar refractivity (Wildman–Crippen MR) is 163 cm³/mol. The average molecular weight is 580 g/mol. The minimum atomic E-state index is -1.16. The van der Waals surface area contributed by atoms with Gasteiger partial charge in [-0.1, -0.05) is 69.7 Å². The van der Waals surface area contributed by atoms with Crippen LogP contribution in [0.3, 0.4) is 0 Å². The molecule has 0 saturated carbocycles. The number of ether oxygens (including phenoxy) is 1. The quantitative estimate of drug-likeness (QED) is 0.319. The number of amides is 3. The van der Waals surface area contributed by atoms with Gasteiger partial charge in [-0.3, -0.25) is 14.4 Å². The number of aliphatic hydroxyl groups is 1. The molecule has 42 heavy (non-hydrogen) atoms. The highest BCUT2D eigenvalue weighted by Crippen LogP contribution is 2.65. The van der Waals surface area contributed by atoms with E-state index in [9.17, 15) is 19.5 Å². The van der Waals surface area contributed by atoms with Crippen molar-refractivity contribution in [3.8, 4) is 0 Å². The maximum atomic E-state index is 14.7. The predicted octanol–water partition coefficient (Wildman–Crippen LogP) is 3.84. The van der Waals surface area contributed by atoms with Crippen LogP contribution < -0.4 is 0 Å². The van der Waals surface area contributed by atoms with Crippen molar-refractivity contribution in [3.63, 3.8) is 0 Å². The van der Waals surface area contributed by atoms with Gasteiger partial charge in [-0.25, -0.2) is 0 Å². The molecular weight excluding hydrogens is 530 g/mol. The number of hydrogen-bond acceptors (Lipinski definition) is 5. The van der Waals surface area contributed by atoms with Crippen molar-refractivity contribution in [1.82, 2.24) is 14.7 Å². The number of likely N-dealkylation sites (tertiary alicyclic amines) is 1. The summed E-state index contributed by atoms with van der Waals surface area (Å²) in [5, 5.41) is 10.7. The maximum absolute atomic E-state index is 14.7. The third kappa shape index (κ3) is 5.32. The van der Waals surface area contributed by atoms with Crippen molar-refractivity contribution in [2.75, 3.05) is 32.8 Å². The molecule has 3 amide bonds. The van der Waals surface area contributed by atoms with Gasteiger partial charge in [0.15, 0.2) is 0 Å². The zero-order chi connectivity index (χ0) is 30.7. The number of unbranched alkanes of at least 4 members (excludes halogenated alkanes) is 1. The highest BCUT2D eigenvalue weighted by atomic mass is 16.5. The van der Waals surface area contributed by atoms with Gasteiger partial charge in [0.25, 0.3) is 0 Å². The molecule has 1 N–H and O–H groups in total. The number of benzene rings is 1. The van der Waals surface area contributed by atoms with E-state index in [0.29, 0.717) is 39.0 Å². The lowest BCUT2D eigenvalue weighted by atomic mass is 9.62. The Balaban J connectivity index is 1.85. The smallest absolute Gasteiger partial charge is 0.248 e. The second-order valence-electron chi connectivity index (χ2n) is 12.5. The van der Waals surface area contributed by atoms with E-state index in [1.807, 2.05) is 44.2 Å². The minimum Gasteiger partial charge on any atom is -0.394 e. The Labute approximate surface area is 251 Å². The van der Waals surface area contributed by atoms with Crippen LogP contribution in [0.1, 0.15) is 58.9 Å². The van der Waals surface area contributed by atoms with Crippen LogP contribution in [-0.4, -0.2) is 93.6 Å². The van der Waals surface area contributed by atoms with Crippen LogP contribution in [0.2, 0.25) is 0 Å². The molecular formula is C34H49N3O5. The number of hydrogen-bond donors (Lipinski definition) is 1. The van der Waals surface area contributed by atoms with Crippen molar-refractivity contribution >= 4 is 17.7 Å². The van der Waals surface area contributed by atoms with Gasteiger partial charge in [-0.2, -0.15) is 0 Å². The third-order valence-electron chi connectivity index (χ3n) is 9.77. The van der Waals surface area contributed by atoms with Gasteiger partial charge in [0.2, 0.25) is 17.7 Å². The Bertz CT molecular complexity index is 1160. The number of carbonyl (C=O) groups excluding carboxylic acids is 3. The summed E-state index contributed by atoms with van der Waals surface area (Å²) >= 11 is 0. The molecule has 0 aliphatic carbocycles. The molecule has 1 aromatic rings. The van der Waals surface area contributed by atoms with Gasteiger partial charge in [-0.15, -0.1) is 13.2 Å². The molecule has 3 aliphatic heterocycles. The molecule has 1 aromatic carbocycles. The Hall–Kier alpha value is -2.97. The van der Waals surface area contributed by atoms with Crippen molar-refractivity contribution in [2.45, 2.75) is 83.1 Å². The summed E-state index contributed by atoms with van der Waals surface area (Å²) in [5.41, 5.74) is -1.10. The molecule has 1 spiro atoms. The molecule has 8 heteroatoms. The highest BCUT2D eigenvalue weighted by Gasteiger charge is 2.80. The Morgan fingerprint density at radius 3 is 2.31 bits per heavy atom. The standard InChI is InChI=1S/C34H49N3O5/c1-7-11-20-36(19-10-4)32(41)29-34-22-24(5)33(6,42-34)27(30(39)35(17-8-2)18-9-3)28(34)31(40)37(29)26(23-38)21-25-15-13-12-14-16-25/h8,10,12-16,24,26-29,38H,2,4,7,9,11,17-23H2,1,3,5-6H3/t24?,26-,27+,28+,29?,33-,34?/m1/s1. The molecule has 3 saturated heterocycles. The number of carbonyl (C=O) groups is 3. The SMILES string of the molecule is C=CCN(CCCC)C(=O)C1N([C@@H](CO)Cc2ccccc2)C(=O)[C@@H]2[C@@H](C(=O)N(CC=C)CCC)[C@]3(C)OC12CC3C. The summed E-state index contributed by atoms with van der Waals surface area (Å²) in [7, 11) is 0. The van der Waals surface area contributed by atoms with E-state index in [1.54, 1.807) is 26.9 Å². The summed E-state index contributed by atoms with van der Waals surface area (Å²) in [5.74, 6) is -2.21. The Morgan fingerprint density at radius 2 is 1.74 bits per heavy atom. The Kier molecular flexibility index (Phi) is 9.99. The monoisotopic (exact) mass is 579 g/mol. The molecule has 0 aromatic heterocycles. The second kappa shape index (κ2) is 13.1. The molecule has 7 atom stereocenters. The summed E-state index contributed by atoms with van der Waals surface area (Å²) < 4.78 is 6.95. The lowest BCUT2D eigenvalue weighted by Crippen LogP contribution is -2.59. The molecule has 230 valence electrons. The zero-order valence-electron chi connectivity index (χ0n) is 25.8. The summed E-state index contributed by atoms with van der Waals surface area (Å²) in [6.45, 7) is 17.3. The minimum absolute atomic E-state index is 0.0526. The maximum Gasteiger partial charge on any atom is 0.248 e. The molecule has 3 heterocycles. The fraction of sp³-hybridized carbons (Fsp3) is 0.618. The third-order valence-corrected chi connectivity index (χ3v) is 9.77. The van der Waals surface area contributed by atoms with Crippen LogP contribution in [0.5, 0.6) is 0 Å². The highest BCUT2D eigenvalue weighted by molar-refractivity contribution is 5.99. The first-order valence-electron chi connectivity index (χ1n) is 15.6. The molecule has 4 rings (SSSR count). The van der Waals surface area contributed by atoms with E-state index in [4.69, 9.17) is 4.74 Å². The van der Waals surface area contributed by atoms with Gasteiger partial charge < -0.3 is 24.5 Å². The van der Waals surface area contributed by atoms with Crippen LogP contribution in [0.4, 0.5) is 0 Å². The van der Waals surface area contributed by atoms with Crippen molar-refractivity contribution in [3.05, 3.63) is 61.2 Å². The topological polar surface area (TPSA) is 90.4 Å². The van der Waals surface area contributed by atoms with Crippen LogP contribution in [0.15, 0.2) is 55.6 Å². The van der Waals surface area contributed by atoms with E-state index in [-0.39, 0.29) is 30.2 Å². The normalized spacial score (nSPS) is 30.2. The Morgan fingerprint density at radius 1 is 1.10 bits per heavy atom. The summed E-state index contributed by atoms with van der Waals surface area (Å²) in [6, 6.07) is 8.09. The fourth-order valence-electron chi connectivity index (χ4n) is 7.75. The van der Waals surface area contributed by atoms with E-state index in [1.165, 1.54) is 0 Å². The number of nitrogens with zero attached hydrogens (tertiary/aromatic N) is 3. The van der Waals surface area contributed by atoms with E-state index >= 15 is 0 Å². The van der Waals surface area contributed by atoms with Crippen LogP contribution in [0, 0.1) is 17.8 Å². The second-order valence-corrected chi connectivity index (χ2v) is 12.5. The van der Waals surface area contributed by atoms with Crippen LogP contribution in [-0.2, 0) is 25.5 Å². The molecule has 3 fully saturated rings. The molecule has 0 radical (unpaired) electrons. The number of rotatable bonds is 15. The average Bonchev–Trinajstić information content (AvgIpc) is 3.50. The van der Waals surface area contributed by atoms with Gasteiger partial charge in [0.05, 0.1) is 30.1 Å². The number of fused-ring (bicyclic) bond motifs is 1. The lowest BCUT2D eigenvalue weighted by Gasteiger charge is -2.39. The summed E-state index contributed by atoms with van der Waals surface area (Å²) in [6.07, 6.45) is 6.79. The number of aliphatic hydroxyl groups excluding tert-OH is 1. The van der Waals surface area contributed by atoms with Crippen molar-refractivity contribution in [1.29, 1.82) is 0 Å². The van der Waals surface area contributed by atoms with Crippen LogP contribution >= 0.6 is 0 Å². The molecule has 3 aliphatic rings. The molecule has 8 nitrogen and oxygen atoms in total. The van der Waals surface area contributed by atoms with E-state index in [0.717, 1.165) is 24.8 Å². The van der Waals surface area contributed by atoms with Crippen molar-refractivity contribution < 1.29 is 24.2 Å². The summed E-state index contributed by atoms with van der Waals surface area (Å²) in [4.78, 5) is 48.8. The van der Waals surface area contributed by atoms with Gasteiger partial charge in [0, 0.05) is 26.2 Å². The molecule has 3 unspecified atom stereocenters. The van der Waals surface area contributed by atoms with Gasteiger partial charge >= 0.3 is 0 Å². The van der Waals surface area contributed by atoms with Crippen LogP contribution in [0.25, 0.3) is 0 Å². The fourth-order valence-corrected chi connectivity index (χ4v) is 7.75. The zero-order valence-corrected chi connectivity index (χ0v) is 25.8. The first kappa shape index (κ1) is 32.0. The van der Waals surface area contributed by atoms with E-state index < -0.39 is 35.1 Å². The van der Waals surface area contributed by atoms with Crippen molar-refractivity contribution in [2.24, 2.45) is 17.8 Å². The van der Waals surface area contributed by atoms with Gasteiger partial charge in [-0.05, 0) is 44.1 Å². The van der Waals surface area contributed by atoms with Gasteiger partial charge in [0.1, 0.15) is 11.6 Å². The first-order valence-corrected chi connectivity index (χ1v) is 15.6. The first-order chi connectivity index (χ1) is 20.1. The lowest BCUT2D eigenvalue weighted by molar-refractivity contribution is -0.157.